The Morgan fingerprint density at radius 2 is 1.74 bits per heavy atom. The summed E-state index contributed by atoms with van der Waals surface area (Å²) in [4.78, 5) is 25.7. The zero-order chi connectivity index (χ0) is 22.4. The minimum atomic E-state index is -0.00838. The van der Waals surface area contributed by atoms with Gasteiger partial charge in [-0.3, -0.25) is 9.59 Å². The first-order valence-corrected chi connectivity index (χ1v) is 11.7. The third-order valence-corrected chi connectivity index (χ3v) is 6.85. The molecule has 0 aliphatic heterocycles. The van der Waals surface area contributed by atoms with Crippen LogP contribution in [-0.2, 0) is 9.59 Å². The van der Waals surface area contributed by atoms with Crippen LogP contribution < -0.4 is 5.32 Å². The van der Waals surface area contributed by atoms with Gasteiger partial charge in [0.25, 0.3) is 0 Å². The number of halogens is 2. The molecule has 0 saturated heterocycles. The molecule has 31 heavy (non-hydrogen) atoms. The van der Waals surface area contributed by atoms with Crippen molar-refractivity contribution in [2.45, 2.75) is 57.4 Å². The number of amides is 2. The van der Waals surface area contributed by atoms with Crippen molar-refractivity contribution in [3.05, 3.63) is 69.2 Å². The van der Waals surface area contributed by atoms with Crippen LogP contribution in [0.1, 0.15) is 74.1 Å². The third-order valence-electron chi connectivity index (χ3n) is 6.11. The summed E-state index contributed by atoms with van der Waals surface area (Å²) in [6.45, 7) is 2.19. The number of carbonyl (C=O) groups excluding carboxylic acids is 2. The van der Waals surface area contributed by atoms with Crippen LogP contribution in [0.3, 0.4) is 0 Å². The van der Waals surface area contributed by atoms with Crippen LogP contribution in [0.25, 0.3) is 0 Å². The Balaban J connectivity index is 1.65. The van der Waals surface area contributed by atoms with Crippen LogP contribution in [0.5, 0.6) is 0 Å². The van der Waals surface area contributed by atoms with Gasteiger partial charge in [-0.25, -0.2) is 0 Å². The van der Waals surface area contributed by atoms with Gasteiger partial charge in [0.1, 0.15) is 0 Å². The molecule has 2 amide bonds. The summed E-state index contributed by atoms with van der Waals surface area (Å²) in [6, 6.07) is 14.4. The van der Waals surface area contributed by atoms with Gasteiger partial charge in [-0.05, 0) is 54.5 Å². The Labute approximate surface area is 194 Å². The molecule has 0 saturated carbocycles. The van der Waals surface area contributed by atoms with Crippen molar-refractivity contribution in [3.8, 4) is 0 Å². The number of carbonyl (C=O) groups is 2. The van der Waals surface area contributed by atoms with Crippen molar-refractivity contribution in [1.82, 2.24) is 10.2 Å². The maximum atomic E-state index is 12.9. The monoisotopic (exact) mass is 460 g/mol. The highest BCUT2D eigenvalue weighted by Crippen LogP contribution is 2.44. The summed E-state index contributed by atoms with van der Waals surface area (Å²) < 4.78 is 0. The average Bonchev–Trinajstić information content (AvgIpc) is 2.76. The second-order valence-corrected chi connectivity index (χ2v) is 9.06. The molecule has 0 radical (unpaired) electrons. The molecule has 0 aromatic heterocycles. The highest BCUT2D eigenvalue weighted by Gasteiger charge is 2.32. The SMILES string of the molecule is CC(=O)NCCCCCC(=O)N(C)[C@H]1CC[C@@H](c2ccc(Cl)c(Cl)c2)c2ccccc21. The normalized spacial score (nSPS) is 17.7. The van der Waals surface area contributed by atoms with Gasteiger partial charge in [0.05, 0.1) is 16.1 Å². The van der Waals surface area contributed by atoms with E-state index in [1.165, 1.54) is 18.1 Å². The van der Waals surface area contributed by atoms with Gasteiger partial charge in [-0.15, -0.1) is 0 Å². The average molecular weight is 461 g/mol. The molecule has 0 fully saturated rings. The molecule has 2 atom stereocenters. The first kappa shape index (κ1) is 23.6. The fraction of sp³-hybridized carbons (Fsp3) is 0.440. The molecule has 1 N–H and O–H groups in total. The minimum Gasteiger partial charge on any atom is -0.356 e. The predicted octanol–water partition coefficient (Wildman–Crippen LogP) is 6.12. The lowest BCUT2D eigenvalue weighted by Gasteiger charge is -2.37. The van der Waals surface area contributed by atoms with Crippen molar-refractivity contribution in [1.29, 1.82) is 0 Å². The lowest BCUT2D eigenvalue weighted by molar-refractivity contribution is -0.132. The van der Waals surface area contributed by atoms with Crippen molar-refractivity contribution >= 4 is 35.0 Å². The summed E-state index contributed by atoms with van der Waals surface area (Å²) in [6.07, 6.45) is 5.06. The fourth-order valence-electron chi connectivity index (χ4n) is 4.44. The summed E-state index contributed by atoms with van der Waals surface area (Å²) in [5.74, 6) is 0.415. The van der Waals surface area contributed by atoms with Crippen LogP contribution >= 0.6 is 23.2 Å². The van der Waals surface area contributed by atoms with E-state index in [1.54, 1.807) is 0 Å². The molecular weight excluding hydrogens is 431 g/mol. The topological polar surface area (TPSA) is 49.4 Å². The molecular formula is C25H30Cl2N2O2. The van der Waals surface area contributed by atoms with Gasteiger partial charge in [-0.2, -0.15) is 0 Å². The van der Waals surface area contributed by atoms with E-state index in [4.69, 9.17) is 23.2 Å². The molecule has 2 aromatic rings. The summed E-state index contributed by atoms with van der Waals surface area (Å²) >= 11 is 12.4. The Kier molecular flexibility index (Phi) is 8.39. The maximum absolute atomic E-state index is 12.9. The van der Waals surface area contributed by atoms with Crippen molar-refractivity contribution in [3.63, 3.8) is 0 Å². The second kappa shape index (κ2) is 11.0. The Morgan fingerprint density at radius 3 is 2.45 bits per heavy atom. The number of hydrogen-bond donors (Lipinski definition) is 1. The molecule has 0 spiro atoms. The molecule has 1 aliphatic rings. The quantitative estimate of drug-likeness (QED) is 0.482. The highest BCUT2D eigenvalue weighted by atomic mass is 35.5. The van der Waals surface area contributed by atoms with Gasteiger partial charge in [0.2, 0.25) is 11.8 Å². The smallest absolute Gasteiger partial charge is 0.222 e. The number of benzene rings is 2. The van der Waals surface area contributed by atoms with E-state index >= 15 is 0 Å². The van der Waals surface area contributed by atoms with E-state index in [0.717, 1.165) is 37.7 Å². The van der Waals surface area contributed by atoms with E-state index in [-0.39, 0.29) is 23.8 Å². The molecule has 6 heteroatoms. The zero-order valence-corrected chi connectivity index (χ0v) is 19.7. The predicted molar refractivity (Wildman–Crippen MR) is 127 cm³/mol. The van der Waals surface area contributed by atoms with Gasteiger partial charge in [0, 0.05) is 32.9 Å². The maximum Gasteiger partial charge on any atom is 0.222 e. The number of nitrogens with zero attached hydrogens (tertiary/aromatic N) is 1. The molecule has 2 aromatic carbocycles. The van der Waals surface area contributed by atoms with Crippen LogP contribution in [-0.4, -0.2) is 30.3 Å². The molecule has 0 unspecified atom stereocenters. The van der Waals surface area contributed by atoms with E-state index in [2.05, 4.69) is 23.5 Å². The molecule has 166 valence electrons. The lowest BCUT2D eigenvalue weighted by atomic mass is 9.76. The highest BCUT2D eigenvalue weighted by molar-refractivity contribution is 6.42. The Hall–Kier alpha value is -2.04. The van der Waals surface area contributed by atoms with Crippen molar-refractivity contribution in [2.24, 2.45) is 0 Å². The lowest BCUT2D eigenvalue weighted by Crippen LogP contribution is -2.34. The first-order valence-electron chi connectivity index (χ1n) is 10.9. The fourth-order valence-corrected chi connectivity index (χ4v) is 4.74. The molecule has 4 nitrogen and oxygen atoms in total. The van der Waals surface area contributed by atoms with E-state index in [0.29, 0.717) is 23.0 Å². The van der Waals surface area contributed by atoms with Crippen LogP contribution in [0.4, 0.5) is 0 Å². The first-order chi connectivity index (χ1) is 14.9. The number of nitrogens with one attached hydrogen (secondary N) is 1. The Bertz CT molecular complexity index is 931. The second-order valence-electron chi connectivity index (χ2n) is 8.25. The number of unbranched alkanes of at least 4 members (excludes halogenated alkanes) is 2. The zero-order valence-electron chi connectivity index (χ0n) is 18.2. The molecule has 0 bridgehead atoms. The summed E-state index contributed by atoms with van der Waals surface area (Å²) in [5, 5.41) is 3.93. The number of fused-ring (bicyclic) bond motifs is 1. The van der Waals surface area contributed by atoms with Crippen LogP contribution in [0.15, 0.2) is 42.5 Å². The number of rotatable bonds is 8. The molecule has 0 heterocycles. The van der Waals surface area contributed by atoms with Gasteiger partial charge in [-0.1, -0.05) is 60.0 Å². The summed E-state index contributed by atoms with van der Waals surface area (Å²) in [5.41, 5.74) is 3.63. The summed E-state index contributed by atoms with van der Waals surface area (Å²) in [7, 11) is 1.92. The van der Waals surface area contributed by atoms with E-state index in [1.807, 2.05) is 36.2 Å². The van der Waals surface area contributed by atoms with E-state index in [9.17, 15) is 9.59 Å². The van der Waals surface area contributed by atoms with Crippen LogP contribution in [0, 0.1) is 0 Å². The van der Waals surface area contributed by atoms with Gasteiger partial charge < -0.3 is 10.2 Å². The third kappa shape index (κ3) is 6.02. The number of hydrogen-bond acceptors (Lipinski definition) is 2. The van der Waals surface area contributed by atoms with Crippen molar-refractivity contribution in [2.75, 3.05) is 13.6 Å². The largest absolute Gasteiger partial charge is 0.356 e. The van der Waals surface area contributed by atoms with Crippen molar-refractivity contribution < 1.29 is 9.59 Å². The Morgan fingerprint density at radius 1 is 1.00 bits per heavy atom. The van der Waals surface area contributed by atoms with Gasteiger partial charge >= 0.3 is 0 Å². The van der Waals surface area contributed by atoms with E-state index < -0.39 is 0 Å². The molecule has 1 aliphatic carbocycles. The minimum absolute atomic E-state index is 0.00838. The van der Waals surface area contributed by atoms with Crippen LogP contribution in [0.2, 0.25) is 10.0 Å². The standard InChI is InChI=1S/C25H30Cl2N2O2/c1-17(30)28-15-7-3-4-10-25(31)29(2)24-14-12-19(20-8-5-6-9-21(20)24)18-11-13-22(26)23(27)16-18/h5-6,8-9,11,13,16,19,24H,3-4,7,10,12,14-15H2,1-2H3,(H,28,30)/t19-,24-/m0/s1. The molecule has 3 rings (SSSR count). The van der Waals surface area contributed by atoms with Gasteiger partial charge in [0.15, 0.2) is 0 Å².